The lowest BCUT2D eigenvalue weighted by Gasteiger charge is -2.39. The van der Waals surface area contributed by atoms with E-state index in [1.165, 1.54) is 0 Å². The largest absolute Gasteiger partial charge is 0.375 e. The van der Waals surface area contributed by atoms with Crippen LogP contribution >= 0.6 is 0 Å². The Kier molecular flexibility index (Phi) is 3.97. The molecule has 2 saturated heterocycles. The zero-order valence-electron chi connectivity index (χ0n) is 12.0. The van der Waals surface area contributed by atoms with Gasteiger partial charge in [0.2, 0.25) is 5.91 Å². The fourth-order valence-corrected chi connectivity index (χ4v) is 3.00. The van der Waals surface area contributed by atoms with E-state index in [4.69, 9.17) is 4.74 Å². The predicted octanol–water partition coefficient (Wildman–Crippen LogP) is 1.75. The van der Waals surface area contributed by atoms with Crippen LogP contribution < -0.4 is 5.32 Å². The molecule has 0 spiro atoms. The van der Waals surface area contributed by atoms with Crippen molar-refractivity contribution in [2.45, 2.75) is 64.6 Å². The lowest BCUT2D eigenvalue weighted by atomic mass is 9.92. The maximum atomic E-state index is 12.4. The van der Waals surface area contributed by atoms with Crippen molar-refractivity contribution in [2.75, 3.05) is 13.3 Å². The van der Waals surface area contributed by atoms with Crippen molar-refractivity contribution >= 4 is 5.91 Å². The highest BCUT2D eigenvalue weighted by Gasteiger charge is 2.39. The first-order valence-electron chi connectivity index (χ1n) is 7.07. The van der Waals surface area contributed by atoms with Crippen molar-refractivity contribution in [1.29, 1.82) is 0 Å². The third kappa shape index (κ3) is 3.04. The zero-order chi connectivity index (χ0) is 13.3. The number of hydrogen-bond donors (Lipinski definition) is 1. The molecule has 0 aliphatic carbocycles. The molecule has 18 heavy (non-hydrogen) atoms. The first kappa shape index (κ1) is 13.8. The molecule has 0 bridgehead atoms. The highest BCUT2D eigenvalue weighted by molar-refractivity contribution is 5.84. The Bertz CT molecular complexity index is 315. The summed E-state index contributed by atoms with van der Waals surface area (Å²) in [5.74, 6) is 0.837. The van der Waals surface area contributed by atoms with Crippen LogP contribution in [0.2, 0.25) is 0 Å². The number of rotatable bonds is 3. The molecule has 2 atom stereocenters. The minimum atomic E-state index is -0.0979. The fraction of sp³-hybridized carbons (Fsp3) is 0.929. The number of hydrogen-bond acceptors (Lipinski definition) is 3. The van der Waals surface area contributed by atoms with Crippen molar-refractivity contribution in [3.8, 4) is 0 Å². The summed E-state index contributed by atoms with van der Waals surface area (Å²) in [4.78, 5) is 14.4. The number of amides is 1. The fourth-order valence-electron chi connectivity index (χ4n) is 3.00. The zero-order valence-corrected chi connectivity index (χ0v) is 12.0. The lowest BCUT2D eigenvalue weighted by Crippen LogP contribution is -2.47. The summed E-state index contributed by atoms with van der Waals surface area (Å²) in [6.07, 6.45) is 2.84. The van der Waals surface area contributed by atoms with Gasteiger partial charge in [-0.05, 0) is 39.0 Å². The molecule has 2 fully saturated rings. The first-order chi connectivity index (χ1) is 8.39. The lowest BCUT2D eigenvalue weighted by molar-refractivity contribution is -0.137. The number of nitrogens with zero attached hydrogens (tertiary/aromatic N) is 1. The SMILES string of the molecule is CC(C)CC1NCN(C2CCOC(C)(C)C2)C1=O. The molecular weight excluding hydrogens is 228 g/mol. The van der Waals surface area contributed by atoms with Crippen LogP contribution in [-0.2, 0) is 9.53 Å². The quantitative estimate of drug-likeness (QED) is 0.834. The Labute approximate surface area is 110 Å². The first-order valence-corrected chi connectivity index (χ1v) is 7.07. The second-order valence-corrected chi connectivity index (χ2v) is 6.61. The summed E-state index contributed by atoms with van der Waals surface area (Å²) in [5, 5.41) is 3.35. The van der Waals surface area contributed by atoms with E-state index in [2.05, 4.69) is 33.0 Å². The Balaban J connectivity index is 1.96. The van der Waals surface area contributed by atoms with Gasteiger partial charge in [0, 0.05) is 12.6 Å². The van der Waals surface area contributed by atoms with Crippen LogP contribution in [-0.4, -0.2) is 41.8 Å². The molecule has 2 aliphatic rings. The topological polar surface area (TPSA) is 41.6 Å². The van der Waals surface area contributed by atoms with E-state index in [-0.39, 0.29) is 17.6 Å². The third-order valence-electron chi connectivity index (χ3n) is 3.91. The maximum Gasteiger partial charge on any atom is 0.241 e. The molecule has 1 amide bonds. The van der Waals surface area contributed by atoms with Crippen molar-refractivity contribution in [2.24, 2.45) is 5.92 Å². The molecule has 0 radical (unpaired) electrons. The van der Waals surface area contributed by atoms with E-state index in [9.17, 15) is 4.79 Å². The maximum absolute atomic E-state index is 12.4. The molecule has 2 aliphatic heterocycles. The second-order valence-electron chi connectivity index (χ2n) is 6.61. The minimum absolute atomic E-state index is 0.0240. The van der Waals surface area contributed by atoms with Gasteiger partial charge in [-0.25, -0.2) is 0 Å². The molecule has 0 saturated carbocycles. The molecule has 0 aromatic heterocycles. The summed E-state index contributed by atoms with van der Waals surface area (Å²) < 4.78 is 5.72. The Morgan fingerprint density at radius 2 is 2.22 bits per heavy atom. The Morgan fingerprint density at radius 3 is 2.83 bits per heavy atom. The van der Waals surface area contributed by atoms with Crippen LogP contribution in [0.25, 0.3) is 0 Å². The highest BCUT2D eigenvalue weighted by Crippen LogP contribution is 2.29. The van der Waals surface area contributed by atoms with Crippen molar-refractivity contribution < 1.29 is 9.53 Å². The van der Waals surface area contributed by atoms with E-state index in [0.717, 1.165) is 25.9 Å². The van der Waals surface area contributed by atoms with Gasteiger partial charge in [-0.1, -0.05) is 13.8 Å². The third-order valence-corrected chi connectivity index (χ3v) is 3.91. The van der Waals surface area contributed by atoms with E-state index < -0.39 is 0 Å². The second kappa shape index (κ2) is 5.17. The monoisotopic (exact) mass is 254 g/mol. The molecule has 2 rings (SSSR count). The van der Waals surface area contributed by atoms with Crippen LogP contribution in [0.3, 0.4) is 0 Å². The average Bonchev–Trinajstić information content (AvgIpc) is 2.58. The van der Waals surface area contributed by atoms with Crippen molar-refractivity contribution in [1.82, 2.24) is 10.2 Å². The normalized spacial score (nSPS) is 32.3. The van der Waals surface area contributed by atoms with Crippen molar-refractivity contribution in [3.05, 3.63) is 0 Å². The van der Waals surface area contributed by atoms with Gasteiger partial charge < -0.3 is 9.64 Å². The van der Waals surface area contributed by atoms with Gasteiger partial charge in [0.05, 0.1) is 18.3 Å². The number of ether oxygens (including phenoxy) is 1. The number of carbonyl (C=O) groups is 1. The Hall–Kier alpha value is -0.610. The molecular formula is C14H26N2O2. The van der Waals surface area contributed by atoms with Gasteiger partial charge in [0.15, 0.2) is 0 Å². The molecule has 2 unspecified atom stereocenters. The van der Waals surface area contributed by atoms with Crippen molar-refractivity contribution in [3.63, 3.8) is 0 Å². The van der Waals surface area contributed by atoms with Crippen LogP contribution in [0.1, 0.15) is 47.0 Å². The van der Waals surface area contributed by atoms with Gasteiger partial charge in [-0.15, -0.1) is 0 Å². The summed E-state index contributed by atoms with van der Waals surface area (Å²) >= 11 is 0. The molecule has 4 heteroatoms. The summed E-state index contributed by atoms with van der Waals surface area (Å²) in [7, 11) is 0. The Morgan fingerprint density at radius 1 is 1.50 bits per heavy atom. The van der Waals surface area contributed by atoms with Gasteiger partial charge in [0.1, 0.15) is 0 Å². The van der Waals surface area contributed by atoms with E-state index in [0.29, 0.717) is 18.6 Å². The molecule has 0 aromatic carbocycles. The molecule has 0 aromatic rings. The van der Waals surface area contributed by atoms with Crippen LogP contribution in [0.15, 0.2) is 0 Å². The number of nitrogens with one attached hydrogen (secondary N) is 1. The van der Waals surface area contributed by atoms with Gasteiger partial charge >= 0.3 is 0 Å². The molecule has 104 valence electrons. The smallest absolute Gasteiger partial charge is 0.241 e. The molecule has 2 heterocycles. The van der Waals surface area contributed by atoms with Crippen LogP contribution in [0, 0.1) is 5.92 Å². The molecule has 4 nitrogen and oxygen atoms in total. The predicted molar refractivity (Wildman–Crippen MR) is 71.1 cm³/mol. The van der Waals surface area contributed by atoms with E-state index >= 15 is 0 Å². The summed E-state index contributed by atoms with van der Waals surface area (Å²) in [5.41, 5.74) is -0.0979. The summed E-state index contributed by atoms with van der Waals surface area (Å²) in [6.45, 7) is 10.0. The molecule has 1 N–H and O–H groups in total. The highest BCUT2D eigenvalue weighted by atomic mass is 16.5. The van der Waals surface area contributed by atoms with Crippen LogP contribution in [0.5, 0.6) is 0 Å². The van der Waals surface area contributed by atoms with Gasteiger partial charge in [-0.2, -0.15) is 0 Å². The minimum Gasteiger partial charge on any atom is -0.375 e. The van der Waals surface area contributed by atoms with Gasteiger partial charge in [-0.3, -0.25) is 10.1 Å². The van der Waals surface area contributed by atoms with Crippen LogP contribution in [0.4, 0.5) is 0 Å². The van der Waals surface area contributed by atoms with E-state index in [1.807, 2.05) is 4.90 Å². The van der Waals surface area contributed by atoms with E-state index in [1.54, 1.807) is 0 Å². The standard InChI is InChI=1S/C14H26N2O2/c1-10(2)7-12-13(17)16(9-15-12)11-5-6-18-14(3,4)8-11/h10-12,15H,5-9H2,1-4H3. The summed E-state index contributed by atoms with van der Waals surface area (Å²) in [6, 6.07) is 0.363. The van der Waals surface area contributed by atoms with Gasteiger partial charge in [0.25, 0.3) is 0 Å². The average molecular weight is 254 g/mol. The number of carbonyl (C=O) groups excluding carboxylic acids is 1.